The number of hydrogen-bond donors (Lipinski definition) is 1. The van der Waals surface area contributed by atoms with Crippen LogP contribution in [0.2, 0.25) is 0 Å². The Kier molecular flexibility index (Phi) is 11.6. The Morgan fingerprint density at radius 1 is 1.02 bits per heavy atom. The van der Waals surface area contributed by atoms with Gasteiger partial charge in [-0.15, -0.1) is 17.5 Å². The number of pyridine rings is 1. The van der Waals surface area contributed by atoms with Gasteiger partial charge in [-0.1, -0.05) is 96.2 Å². The van der Waals surface area contributed by atoms with Crippen LogP contribution in [0.1, 0.15) is 92.2 Å². The molecule has 1 radical (unpaired) electrons. The third-order valence-electron chi connectivity index (χ3n) is 9.07. The fourth-order valence-electron chi connectivity index (χ4n) is 5.88. The summed E-state index contributed by atoms with van der Waals surface area (Å²) in [6.07, 6.45) is 7.74. The molecule has 0 bridgehead atoms. The number of aliphatic hydroxyl groups excluding tert-OH is 1. The first kappa shape index (κ1) is 35.5. The van der Waals surface area contributed by atoms with E-state index < -0.39 is 0 Å². The van der Waals surface area contributed by atoms with Gasteiger partial charge in [-0.05, 0) is 67.5 Å². The van der Waals surface area contributed by atoms with Crippen LogP contribution in [0, 0.1) is 29.7 Å². The summed E-state index contributed by atoms with van der Waals surface area (Å²) >= 11 is 0. The fraction of sp³-hybridized carbons (Fsp3) is 0.436. The molecule has 0 aliphatic carbocycles. The van der Waals surface area contributed by atoms with Gasteiger partial charge >= 0.3 is 0 Å². The predicted molar refractivity (Wildman–Crippen MR) is 180 cm³/mol. The van der Waals surface area contributed by atoms with Crippen LogP contribution in [0.25, 0.3) is 32.8 Å². The van der Waals surface area contributed by atoms with E-state index in [0.717, 1.165) is 71.2 Å². The average Bonchev–Trinajstić information content (AvgIpc) is 2.97. The van der Waals surface area contributed by atoms with Crippen molar-refractivity contribution in [2.75, 3.05) is 0 Å². The fourth-order valence-corrected chi connectivity index (χ4v) is 5.88. The van der Waals surface area contributed by atoms with E-state index in [1.165, 1.54) is 22.4 Å². The smallest absolute Gasteiger partial charge is 0.162 e. The Morgan fingerprint density at radius 2 is 1.68 bits per heavy atom. The van der Waals surface area contributed by atoms with Crippen molar-refractivity contribution >= 4 is 27.3 Å². The zero-order valence-electron chi connectivity index (χ0n) is 27.9. The van der Waals surface area contributed by atoms with E-state index in [4.69, 9.17) is 9.72 Å². The van der Waals surface area contributed by atoms with Crippen LogP contribution in [0.4, 0.5) is 0 Å². The van der Waals surface area contributed by atoms with Crippen molar-refractivity contribution in [2.24, 2.45) is 16.7 Å². The van der Waals surface area contributed by atoms with Crippen molar-refractivity contribution in [2.45, 2.75) is 94.4 Å². The van der Waals surface area contributed by atoms with E-state index in [2.05, 4.69) is 76.2 Å². The number of aliphatic hydroxyl groups is 1. The molecule has 3 aromatic carbocycles. The molecule has 0 atom stereocenters. The van der Waals surface area contributed by atoms with Gasteiger partial charge in [0.2, 0.25) is 0 Å². The number of allylic oxidation sites excluding steroid dienone is 2. The average molecular weight is 771 g/mol. The van der Waals surface area contributed by atoms with Gasteiger partial charge in [-0.3, -0.25) is 9.78 Å². The molecule has 1 aromatic heterocycles. The van der Waals surface area contributed by atoms with Crippen molar-refractivity contribution in [3.05, 3.63) is 77.7 Å². The number of fused-ring (bicyclic) bond motifs is 3. The van der Waals surface area contributed by atoms with Crippen LogP contribution in [-0.2, 0) is 31.3 Å². The summed E-state index contributed by atoms with van der Waals surface area (Å²) in [5.74, 6) is 2.16. The maximum atomic E-state index is 11.9. The number of carbonyl (C=O) groups is 1. The van der Waals surface area contributed by atoms with Crippen LogP contribution in [0.3, 0.4) is 0 Å². The molecule has 1 N–H and O–H groups in total. The molecule has 0 amide bonds. The quantitative estimate of drug-likeness (QED) is 0.0970. The minimum Gasteiger partial charge on any atom is -0.512 e. The first-order valence-corrected chi connectivity index (χ1v) is 15.8. The molecule has 0 saturated carbocycles. The largest absolute Gasteiger partial charge is 0.512 e. The molecule has 4 nitrogen and oxygen atoms in total. The maximum absolute atomic E-state index is 11.9. The number of aryl methyl sites for hydroxylation is 1. The van der Waals surface area contributed by atoms with Gasteiger partial charge in [-0.2, -0.15) is 0 Å². The summed E-state index contributed by atoms with van der Waals surface area (Å²) in [5.41, 5.74) is 4.36. The molecular formula is C39H48IrNO3-. The monoisotopic (exact) mass is 771 g/mol. The summed E-state index contributed by atoms with van der Waals surface area (Å²) < 4.78 is 6.47. The molecule has 5 rings (SSSR count). The molecule has 4 aromatic rings. The second-order valence-corrected chi connectivity index (χ2v) is 13.4. The number of nitrogens with zero attached hydrogens (tertiary/aromatic N) is 1. The number of benzene rings is 3. The van der Waals surface area contributed by atoms with Crippen molar-refractivity contribution in [3.63, 3.8) is 0 Å². The van der Waals surface area contributed by atoms with E-state index in [1.54, 1.807) is 0 Å². The Hall–Kier alpha value is -3.01. The third kappa shape index (κ3) is 7.44. The Balaban J connectivity index is 0.000000271. The number of hydrogen-bond acceptors (Lipinski definition) is 4. The third-order valence-corrected chi connectivity index (χ3v) is 9.07. The van der Waals surface area contributed by atoms with Crippen LogP contribution in [0.15, 0.2) is 60.5 Å². The van der Waals surface area contributed by atoms with E-state index in [1.807, 2.05) is 40.8 Å². The zero-order valence-corrected chi connectivity index (χ0v) is 30.2. The summed E-state index contributed by atoms with van der Waals surface area (Å²) in [6, 6.07) is 18.4. The Morgan fingerprint density at radius 3 is 2.30 bits per heavy atom. The van der Waals surface area contributed by atoms with Crippen molar-refractivity contribution in [1.29, 1.82) is 0 Å². The Labute approximate surface area is 277 Å². The van der Waals surface area contributed by atoms with Gasteiger partial charge in [0, 0.05) is 54.8 Å². The van der Waals surface area contributed by atoms with Gasteiger partial charge < -0.3 is 9.84 Å². The maximum Gasteiger partial charge on any atom is 0.162 e. The predicted octanol–water partition coefficient (Wildman–Crippen LogP) is 11.1. The molecule has 1 aliphatic heterocycles. The van der Waals surface area contributed by atoms with Crippen LogP contribution < -0.4 is 4.74 Å². The first-order valence-electron chi connectivity index (χ1n) is 15.8. The second-order valence-electron chi connectivity index (χ2n) is 13.4. The Bertz CT molecular complexity index is 1660. The number of aromatic nitrogens is 1. The number of carbonyl (C=O) groups excluding carboxylic acids is 1. The molecule has 0 saturated heterocycles. The number of rotatable bonds is 8. The minimum absolute atomic E-state index is 0. The second kappa shape index (κ2) is 14.4. The standard InChI is InChI=1S/C25H22NO.C14H26O2.Ir/c1-15-19-8-6-5-7-17(19)13-20-23-22-18(9-10-26-23)11-16(14-25(2,3)4)12-21(22)27-24(15)20;1-6-11(7-2)12(15)10-13(16)14(5,8-3)9-4;/h5-12H,14H2,1-4H3;10-11,16H,6-9H2,1-5H3;/q-1;;/b;13-10-;. The topological polar surface area (TPSA) is 59.4 Å². The van der Waals surface area contributed by atoms with Crippen molar-refractivity contribution < 1.29 is 34.7 Å². The van der Waals surface area contributed by atoms with Gasteiger partial charge in [0.25, 0.3) is 0 Å². The zero-order chi connectivity index (χ0) is 31.5. The molecule has 2 heterocycles. The van der Waals surface area contributed by atoms with E-state index >= 15 is 0 Å². The van der Waals surface area contributed by atoms with Crippen LogP contribution in [0.5, 0.6) is 11.5 Å². The van der Waals surface area contributed by atoms with E-state index in [9.17, 15) is 9.90 Å². The van der Waals surface area contributed by atoms with Crippen LogP contribution >= 0.6 is 0 Å². The van der Waals surface area contributed by atoms with E-state index in [0.29, 0.717) is 0 Å². The summed E-state index contributed by atoms with van der Waals surface area (Å²) in [5, 5.41) is 14.6. The molecule has 5 heteroatoms. The van der Waals surface area contributed by atoms with Gasteiger partial charge in [0.1, 0.15) is 11.5 Å². The summed E-state index contributed by atoms with van der Waals surface area (Å²) in [4.78, 5) is 16.6. The van der Waals surface area contributed by atoms with Crippen molar-refractivity contribution in [3.8, 4) is 22.8 Å². The molecule has 0 unspecified atom stereocenters. The summed E-state index contributed by atoms with van der Waals surface area (Å²) in [7, 11) is 0. The van der Waals surface area contributed by atoms with Gasteiger partial charge in [-0.25, -0.2) is 0 Å². The molecule has 0 fully saturated rings. The van der Waals surface area contributed by atoms with Crippen LogP contribution in [-0.4, -0.2) is 15.9 Å². The molecule has 0 spiro atoms. The summed E-state index contributed by atoms with van der Waals surface area (Å²) in [6.45, 7) is 19.0. The van der Waals surface area contributed by atoms with Gasteiger partial charge in [0.05, 0.1) is 5.75 Å². The molecular weight excluding hydrogens is 723 g/mol. The number of ether oxygens (including phenoxy) is 1. The minimum atomic E-state index is -0.248. The van der Waals surface area contributed by atoms with Crippen molar-refractivity contribution in [1.82, 2.24) is 4.98 Å². The molecule has 44 heavy (non-hydrogen) atoms. The molecule has 1 aliphatic rings. The SMILES string of the molecule is CCC(CC)C(=O)/C=C(\O)C(C)(CC)CC.Cc1c2c([c-]c3ccccc13)-c1nccc3cc(CC(C)(C)C)cc(c13)O2.[Ir]. The van der Waals surface area contributed by atoms with Gasteiger partial charge in [0.15, 0.2) is 5.78 Å². The van der Waals surface area contributed by atoms with E-state index in [-0.39, 0.29) is 48.4 Å². The first-order chi connectivity index (χ1) is 20.4. The molecule has 237 valence electrons. The normalized spacial score (nSPS) is 12.7. The number of ketones is 1.